The molecule has 3 N–H and O–H groups in total. The molecule has 0 saturated carbocycles. The second kappa shape index (κ2) is 10.4. The van der Waals surface area contributed by atoms with Crippen molar-refractivity contribution in [1.29, 1.82) is 0 Å². The van der Waals surface area contributed by atoms with Crippen LogP contribution < -0.4 is 20.1 Å². The Morgan fingerprint density at radius 2 is 1.70 bits per heavy atom. The molecule has 0 bridgehead atoms. The lowest BCUT2D eigenvalue weighted by Gasteiger charge is -2.24. The molecule has 0 aliphatic carbocycles. The molecule has 3 rings (SSSR count). The van der Waals surface area contributed by atoms with Crippen molar-refractivity contribution in [3.05, 3.63) is 83.4 Å². The van der Waals surface area contributed by atoms with Crippen LogP contribution in [0.5, 0.6) is 5.75 Å². The van der Waals surface area contributed by atoms with E-state index in [1.54, 1.807) is 36.4 Å². The fourth-order valence-corrected chi connectivity index (χ4v) is 4.55. The molecule has 0 aliphatic heterocycles. The van der Waals surface area contributed by atoms with E-state index in [9.17, 15) is 18.0 Å². The van der Waals surface area contributed by atoms with Gasteiger partial charge in [0.2, 0.25) is 11.8 Å². The van der Waals surface area contributed by atoms with Crippen LogP contribution in [0.1, 0.15) is 17.3 Å². The fraction of sp³-hybridized carbons (Fsp3) is 0.130. The number of nitrogens with one attached hydrogen (secondary N) is 1. The smallest absolute Gasteiger partial charge is 0.264 e. The van der Waals surface area contributed by atoms with Crippen molar-refractivity contribution < 1.29 is 22.7 Å². The molecule has 33 heavy (non-hydrogen) atoms. The molecule has 172 valence electrons. The number of sulfonamides is 1. The molecule has 0 atom stereocenters. The van der Waals surface area contributed by atoms with Gasteiger partial charge in [0.05, 0.1) is 17.2 Å². The number of primary amides is 1. The van der Waals surface area contributed by atoms with Crippen LogP contribution in [0.3, 0.4) is 0 Å². The molecule has 0 radical (unpaired) electrons. The third-order valence-electron chi connectivity index (χ3n) is 4.56. The Balaban J connectivity index is 1.92. The van der Waals surface area contributed by atoms with Gasteiger partial charge in [-0.15, -0.1) is 0 Å². The second-order valence-electron chi connectivity index (χ2n) is 6.89. The lowest BCUT2D eigenvalue weighted by molar-refractivity contribution is -0.114. The van der Waals surface area contributed by atoms with Gasteiger partial charge in [0.25, 0.3) is 10.0 Å². The molecular formula is C23H22ClN3O5S. The summed E-state index contributed by atoms with van der Waals surface area (Å²) < 4.78 is 33.2. The SMILES string of the molecule is CCOc1ccc(N(CC(=O)Nc2cccc(C(N)=O)c2)S(=O)(=O)c2ccc(Cl)cc2)cc1. The number of rotatable bonds is 9. The second-order valence-corrected chi connectivity index (χ2v) is 9.18. The Hall–Kier alpha value is -3.56. The summed E-state index contributed by atoms with van der Waals surface area (Å²) in [6.45, 7) is 1.78. The van der Waals surface area contributed by atoms with Gasteiger partial charge in [-0.05, 0) is 73.7 Å². The Kier molecular flexibility index (Phi) is 7.57. The number of carbonyl (C=O) groups excluding carboxylic acids is 2. The predicted molar refractivity (Wildman–Crippen MR) is 127 cm³/mol. The first-order valence-electron chi connectivity index (χ1n) is 9.91. The van der Waals surface area contributed by atoms with E-state index in [1.165, 1.54) is 36.4 Å². The normalized spacial score (nSPS) is 11.0. The number of carbonyl (C=O) groups is 2. The molecule has 0 saturated heterocycles. The average Bonchev–Trinajstić information content (AvgIpc) is 2.79. The van der Waals surface area contributed by atoms with E-state index in [2.05, 4.69) is 5.32 Å². The summed E-state index contributed by atoms with van der Waals surface area (Å²) in [5.74, 6) is -0.687. The number of hydrogen-bond donors (Lipinski definition) is 2. The molecule has 0 aromatic heterocycles. The fourth-order valence-electron chi connectivity index (χ4n) is 3.01. The summed E-state index contributed by atoms with van der Waals surface area (Å²) in [7, 11) is -4.11. The Bertz CT molecular complexity index is 1250. The summed E-state index contributed by atoms with van der Waals surface area (Å²) >= 11 is 5.90. The van der Waals surface area contributed by atoms with Gasteiger partial charge >= 0.3 is 0 Å². The number of anilines is 2. The zero-order valence-corrected chi connectivity index (χ0v) is 19.3. The van der Waals surface area contributed by atoms with Gasteiger partial charge in [0.15, 0.2) is 0 Å². The van der Waals surface area contributed by atoms with Crippen molar-refractivity contribution in [1.82, 2.24) is 0 Å². The van der Waals surface area contributed by atoms with E-state index < -0.39 is 28.4 Å². The van der Waals surface area contributed by atoms with Crippen LogP contribution in [-0.2, 0) is 14.8 Å². The maximum atomic E-state index is 13.4. The number of ether oxygens (including phenoxy) is 1. The van der Waals surface area contributed by atoms with Crippen molar-refractivity contribution in [2.24, 2.45) is 5.73 Å². The summed E-state index contributed by atoms with van der Waals surface area (Å²) in [6, 6.07) is 18.1. The van der Waals surface area contributed by atoms with E-state index in [0.29, 0.717) is 23.1 Å². The average molecular weight is 488 g/mol. The molecule has 2 amide bonds. The van der Waals surface area contributed by atoms with E-state index in [-0.39, 0.29) is 16.1 Å². The summed E-state index contributed by atoms with van der Waals surface area (Å²) in [6.07, 6.45) is 0. The molecule has 0 spiro atoms. The molecule has 0 heterocycles. The zero-order chi connectivity index (χ0) is 24.0. The van der Waals surface area contributed by atoms with Gasteiger partial charge in [0.1, 0.15) is 12.3 Å². The number of nitrogens with two attached hydrogens (primary N) is 1. The molecule has 8 nitrogen and oxygen atoms in total. The number of halogens is 1. The first-order valence-corrected chi connectivity index (χ1v) is 11.7. The van der Waals surface area contributed by atoms with Gasteiger partial charge in [-0.1, -0.05) is 17.7 Å². The highest BCUT2D eigenvalue weighted by Gasteiger charge is 2.27. The van der Waals surface area contributed by atoms with Crippen LogP contribution in [0.25, 0.3) is 0 Å². The maximum Gasteiger partial charge on any atom is 0.264 e. The van der Waals surface area contributed by atoms with Crippen molar-refractivity contribution in [3.8, 4) is 5.75 Å². The highest BCUT2D eigenvalue weighted by Crippen LogP contribution is 2.27. The topological polar surface area (TPSA) is 119 Å². The Morgan fingerprint density at radius 1 is 1.03 bits per heavy atom. The van der Waals surface area contributed by atoms with Gasteiger partial charge in [0, 0.05) is 16.3 Å². The third-order valence-corrected chi connectivity index (χ3v) is 6.60. The standard InChI is InChI=1S/C23H22ClN3O5S/c1-2-32-20-10-8-19(9-11-20)27(33(30,31)21-12-6-17(24)7-13-21)15-22(28)26-18-5-3-4-16(14-18)23(25)29/h3-14H,2,15H2,1H3,(H2,25,29)(H,26,28). The van der Waals surface area contributed by atoms with Crippen LogP contribution >= 0.6 is 11.6 Å². The summed E-state index contributed by atoms with van der Waals surface area (Å²) in [5, 5.41) is 2.99. The predicted octanol–water partition coefficient (Wildman–Crippen LogP) is 3.67. The molecule has 10 heteroatoms. The maximum absolute atomic E-state index is 13.4. The minimum Gasteiger partial charge on any atom is -0.494 e. The van der Waals surface area contributed by atoms with Gasteiger partial charge in [-0.25, -0.2) is 8.42 Å². The summed E-state index contributed by atoms with van der Waals surface area (Å²) in [5.41, 5.74) is 6.07. The zero-order valence-electron chi connectivity index (χ0n) is 17.7. The molecule has 0 aliphatic rings. The van der Waals surface area contributed by atoms with E-state index in [1.807, 2.05) is 6.92 Å². The van der Waals surface area contributed by atoms with E-state index >= 15 is 0 Å². The van der Waals surface area contributed by atoms with Crippen LogP contribution in [0.2, 0.25) is 5.02 Å². The number of nitrogens with zero attached hydrogens (tertiary/aromatic N) is 1. The van der Waals surface area contributed by atoms with Crippen molar-refractivity contribution >= 4 is 44.8 Å². The summed E-state index contributed by atoms with van der Waals surface area (Å²) in [4.78, 5) is 24.2. The van der Waals surface area contributed by atoms with Crippen molar-refractivity contribution in [2.75, 3.05) is 22.8 Å². The highest BCUT2D eigenvalue weighted by molar-refractivity contribution is 7.92. The Labute approximate surface area is 197 Å². The van der Waals surface area contributed by atoms with E-state index in [4.69, 9.17) is 22.1 Å². The number of benzene rings is 3. The monoisotopic (exact) mass is 487 g/mol. The number of hydrogen-bond acceptors (Lipinski definition) is 5. The molecule has 0 fully saturated rings. The van der Waals surface area contributed by atoms with Crippen LogP contribution in [0, 0.1) is 0 Å². The van der Waals surface area contributed by atoms with E-state index in [0.717, 1.165) is 4.31 Å². The molecule has 0 unspecified atom stereocenters. The Morgan fingerprint density at radius 3 is 2.30 bits per heavy atom. The van der Waals surface area contributed by atoms with Crippen LogP contribution in [-0.4, -0.2) is 33.4 Å². The van der Waals surface area contributed by atoms with Gasteiger partial charge < -0.3 is 15.8 Å². The van der Waals surface area contributed by atoms with Crippen molar-refractivity contribution in [3.63, 3.8) is 0 Å². The first kappa shape index (κ1) is 24.1. The lowest BCUT2D eigenvalue weighted by atomic mass is 10.2. The van der Waals surface area contributed by atoms with Crippen LogP contribution in [0.4, 0.5) is 11.4 Å². The third kappa shape index (κ3) is 6.03. The van der Waals surface area contributed by atoms with Gasteiger partial charge in [-0.2, -0.15) is 0 Å². The minimum absolute atomic E-state index is 0.0238. The molecular weight excluding hydrogens is 466 g/mol. The van der Waals surface area contributed by atoms with Crippen molar-refractivity contribution in [2.45, 2.75) is 11.8 Å². The van der Waals surface area contributed by atoms with Crippen LogP contribution in [0.15, 0.2) is 77.7 Å². The largest absolute Gasteiger partial charge is 0.494 e. The van der Waals surface area contributed by atoms with Gasteiger partial charge in [-0.3, -0.25) is 13.9 Å². The quantitative estimate of drug-likeness (QED) is 0.477. The lowest BCUT2D eigenvalue weighted by Crippen LogP contribution is -2.38. The molecule has 3 aromatic rings. The first-order chi connectivity index (χ1) is 15.7. The molecule has 3 aromatic carbocycles. The minimum atomic E-state index is -4.11. The number of amides is 2. The highest BCUT2D eigenvalue weighted by atomic mass is 35.5.